The first-order valence-corrected chi connectivity index (χ1v) is 6.41. The van der Waals surface area contributed by atoms with Gasteiger partial charge in [-0.1, -0.05) is 26.2 Å². The Balaban J connectivity index is 2.54. The van der Waals surface area contributed by atoms with Crippen molar-refractivity contribution >= 4 is 5.96 Å². The van der Waals surface area contributed by atoms with Gasteiger partial charge < -0.3 is 9.80 Å². The molecule has 1 aliphatic rings. The maximum Gasteiger partial charge on any atom is 0.195 e. The highest BCUT2D eigenvalue weighted by Gasteiger charge is 2.21. The third-order valence-corrected chi connectivity index (χ3v) is 3.56. The minimum Gasteiger partial charge on any atom is -0.349 e. The molecule has 0 bridgehead atoms. The van der Waals surface area contributed by atoms with Crippen LogP contribution >= 0.6 is 0 Å². The monoisotopic (exact) mass is 225 g/mol. The van der Waals surface area contributed by atoms with Gasteiger partial charge in [-0.25, -0.2) is 0 Å². The van der Waals surface area contributed by atoms with Crippen molar-refractivity contribution < 1.29 is 0 Å². The zero-order valence-electron chi connectivity index (χ0n) is 11.5. The second-order valence-electron chi connectivity index (χ2n) is 5.45. The molecule has 0 aromatic rings. The van der Waals surface area contributed by atoms with Crippen molar-refractivity contribution in [2.75, 3.05) is 34.7 Å². The number of hydrogen-bond acceptors (Lipinski definition) is 1. The number of nitrogens with zero attached hydrogens (tertiary/aromatic N) is 3. The van der Waals surface area contributed by atoms with Crippen LogP contribution in [0, 0.1) is 11.8 Å². The molecule has 0 amide bonds. The maximum atomic E-state index is 4.77. The first-order chi connectivity index (χ1) is 7.52. The van der Waals surface area contributed by atoms with Crippen molar-refractivity contribution in [3.63, 3.8) is 0 Å². The third kappa shape index (κ3) is 3.69. The molecule has 3 nitrogen and oxygen atoms in total. The lowest BCUT2D eigenvalue weighted by Gasteiger charge is -2.29. The Bertz CT molecular complexity index is 223. The first-order valence-electron chi connectivity index (χ1n) is 6.41. The van der Waals surface area contributed by atoms with Crippen LogP contribution in [0.4, 0.5) is 0 Å². The molecule has 0 aromatic carbocycles. The summed E-state index contributed by atoms with van der Waals surface area (Å²) in [5.74, 6) is 2.73. The third-order valence-electron chi connectivity index (χ3n) is 3.56. The van der Waals surface area contributed by atoms with E-state index >= 15 is 0 Å². The minimum absolute atomic E-state index is 0.795. The predicted molar refractivity (Wildman–Crippen MR) is 70.8 cm³/mol. The predicted octanol–water partition coefficient (Wildman–Crippen LogP) is 2.29. The maximum absolute atomic E-state index is 4.77. The Kier molecular flexibility index (Phi) is 5.10. The van der Waals surface area contributed by atoms with Crippen LogP contribution in [0.3, 0.4) is 0 Å². The van der Waals surface area contributed by atoms with Crippen LogP contribution in [-0.2, 0) is 0 Å². The van der Waals surface area contributed by atoms with Gasteiger partial charge in [-0.15, -0.1) is 0 Å². The molecule has 1 fully saturated rings. The van der Waals surface area contributed by atoms with Crippen molar-refractivity contribution in [2.24, 2.45) is 16.8 Å². The molecule has 1 rings (SSSR count). The van der Waals surface area contributed by atoms with E-state index in [0.717, 1.165) is 24.3 Å². The topological polar surface area (TPSA) is 18.8 Å². The fourth-order valence-electron chi connectivity index (χ4n) is 2.55. The Morgan fingerprint density at radius 1 is 1.06 bits per heavy atom. The molecule has 0 radical (unpaired) electrons. The van der Waals surface area contributed by atoms with E-state index < -0.39 is 0 Å². The number of guanidine groups is 1. The smallest absolute Gasteiger partial charge is 0.195 e. The molecule has 1 saturated carbocycles. The highest BCUT2D eigenvalue weighted by molar-refractivity contribution is 5.79. The molecule has 0 aromatic heterocycles. The first kappa shape index (κ1) is 13.3. The van der Waals surface area contributed by atoms with Gasteiger partial charge in [-0.05, 0) is 18.3 Å². The fourth-order valence-corrected chi connectivity index (χ4v) is 2.55. The lowest BCUT2D eigenvalue weighted by Crippen LogP contribution is -2.36. The lowest BCUT2D eigenvalue weighted by molar-refractivity contribution is 0.262. The number of hydrogen-bond donors (Lipinski definition) is 0. The zero-order chi connectivity index (χ0) is 12.1. The van der Waals surface area contributed by atoms with Gasteiger partial charge in [0.1, 0.15) is 0 Å². The molecule has 0 N–H and O–H groups in total. The van der Waals surface area contributed by atoms with E-state index in [1.165, 1.54) is 25.7 Å². The van der Waals surface area contributed by atoms with Gasteiger partial charge in [0, 0.05) is 34.7 Å². The number of aliphatic imine (C=N–C) groups is 1. The van der Waals surface area contributed by atoms with Crippen LogP contribution < -0.4 is 0 Å². The summed E-state index contributed by atoms with van der Waals surface area (Å²) in [4.78, 5) is 8.95. The number of rotatable bonds is 2. The summed E-state index contributed by atoms with van der Waals surface area (Å²) in [5, 5.41) is 0. The van der Waals surface area contributed by atoms with Gasteiger partial charge in [0.2, 0.25) is 0 Å². The van der Waals surface area contributed by atoms with Crippen molar-refractivity contribution in [1.29, 1.82) is 0 Å². The van der Waals surface area contributed by atoms with Crippen LogP contribution in [-0.4, -0.2) is 50.5 Å². The molecule has 3 heteroatoms. The standard InChI is InChI=1S/C13H27N3/c1-11-8-6-7-9-12(11)10-14-13(15(2)3)16(4)5/h11-12H,6-10H2,1-5H3. The summed E-state index contributed by atoms with van der Waals surface area (Å²) in [6.45, 7) is 3.37. The molecule has 2 unspecified atom stereocenters. The van der Waals surface area contributed by atoms with Crippen LogP contribution in [0.25, 0.3) is 0 Å². The lowest BCUT2D eigenvalue weighted by atomic mass is 9.80. The Labute approximate surface area is 101 Å². The Hall–Kier alpha value is -0.730. The molecule has 0 heterocycles. The fraction of sp³-hybridized carbons (Fsp3) is 0.923. The van der Waals surface area contributed by atoms with Gasteiger partial charge in [0.05, 0.1) is 0 Å². The van der Waals surface area contributed by atoms with Crippen LogP contribution in [0.15, 0.2) is 4.99 Å². The summed E-state index contributed by atoms with van der Waals surface area (Å²) in [7, 11) is 8.23. The normalized spacial score (nSPS) is 25.1. The van der Waals surface area contributed by atoms with Crippen LogP contribution in [0.5, 0.6) is 0 Å². The van der Waals surface area contributed by atoms with E-state index in [0.29, 0.717) is 0 Å². The molecule has 1 aliphatic carbocycles. The highest BCUT2D eigenvalue weighted by atomic mass is 15.3. The van der Waals surface area contributed by atoms with Crippen LogP contribution in [0.1, 0.15) is 32.6 Å². The van der Waals surface area contributed by atoms with Gasteiger partial charge in [-0.2, -0.15) is 0 Å². The average Bonchev–Trinajstić information content (AvgIpc) is 2.20. The molecular weight excluding hydrogens is 198 g/mol. The van der Waals surface area contributed by atoms with Crippen molar-refractivity contribution in [3.8, 4) is 0 Å². The average molecular weight is 225 g/mol. The highest BCUT2D eigenvalue weighted by Crippen LogP contribution is 2.29. The van der Waals surface area contributed by atoms with E-state index in [2.05, 4.69) is 44.9 Å². The van der Waals surface area contributed by atoms with Gasteiger partial charge in [0.15, 0.2) is 5.96 Å². The summed E-state index contributed by atoms with van der Waals surface area (Å²) in [6, 6.07) is 0. The summed E-state index contributed by atoms with van der Waals surface area (Å²) in [6.07, 6.45) is 5.55. The minimum atomic E-state index is 0.795. The van der Waals surface area contributed by atoms with Crippen molar-refractivity contribution in [1.82, 2.24) is 9.80 Å². The second-order valence-corrected chi connectivity index (χ2v) is 5.45. The SMILES string of the molecule is CC1CCCCC1CN=C(N(C)C)N(C)C. The molecule has 0 spiro atoms. The van der Waals surface area contributed by atoms with Gasteiger partial charge in [0.25, 0.3) is 0 Å². The molecular formula is C13H27N3. The summed E-state index contributed by atoms with van der Waals surface area (Å²) < 4.78 is 0. The summed E-state index contributed by atoms with van der Waals surface area (Å²) >= 11 is 0. The van der Waals surface area contributed by atoms with E-state index in [9.17, 15) is 0 Å². The van der Waals surface area contributed by atoms with Gasteiger partial charge in [-0.3, -0.25) is 4.99 Å². The van der Waals surface area contributed by atoms with E-state index in [1.807, 2.05) is 0 Å². The van der Waals surface area contributed by atoms with E-state index in [-0.39, 0.29) is 0 Å². The van der Waals surface area contributed by atoms with Crippen LogP contribution in [0.2, 0.25) is 0 Å². The molecule has 2 atom stereocenters. The Morgan fingerprint density at radius 3 is 2.12 bits per heavy atom. The molecule has 0 aliphatic heterocycles. The van der Waals surface area contributed by atoms with Crippen molar-refractivity contribution in [3.05, 3.63) is 0 Å². The zero-order valence-corrected chi connectivity index (χ0v) is 11.5. The Morgan fingerprint density at radius 2 is 1.62 bits per heavy atom. The molecule has 94 valence electrons. The van der Waals surface area contributed by atoms with Gasteiger partial charge >= 0.3 is 0 Å². The summed E-state index contributed by atoms with van der Waals surface area (Å²) in [5.41, 5.74) is 0. The molecule has 16 heavy (non-hydrogen) atoms. The van der Waals surface area contributed by atoms with E-state index in [1.54, 1.807) is 0 Å². The quantitative estimate of drug-likeness (QED) is 0.530. The second kappa shape index (κ2) is 6.12. The molecule has 0 saturated heterocycles. The largest absolute Gasteiger partial charge is 0.349 e. The van der Waals surface area contributed by atoms with E-state index in [4.69, 9.17) is 4.99 Å². The van der Waals surface area contributed by atoms with Crippen molar-refractivity contribution in [2.45, 2.75) is 32.6 Å².